The van der Waals surface area contributed by atoms with Crippen LogP contribution in [-0.4, -0.2) is 23.0 Å². The average molecular weight is 275 g/mol. The first-order chi connectivity index (χ1) is 9.31. The van der Waals surface area contributed by atoms with Gasteiger partial charge in [0.2, 0.25) is 0 Å². The van der Waals surface area contributed by atoms with E-state index in [4.69, 9.17) is 5.11 Å². The summed E-state index contributed by atoms with van der Waals surface area (Å²) >= 11 is 0. The SMILES string of the molecule is Cc1ccc(C(=O)NC(C)C(C)C)cc1/C=C/C(=O)O. The van der Waals surface area contributed by atoms with Gasteiger partial charge in [-0.2, -0.15) is 0 Å². The smallest absolute Gasteiger partial charge is 0.328 e. The van der Waals surface area contributed by atoms with Crippen LogP contribution in [0.5, 0.6) is 0 Å². The molecule has 1 rings (SSSR count). The summed E-state index contributed by atoms with van der Waals surface area (Å²) in [5.41, 5.74) is 2.20. The van der Waals surface area contributed by atoms with Gasteiger partial charge in [0.05, 0.1) is 0 Å². The van der Waals surface area contributed by atoms with Crippen molar-refractivity contribution >= 4 is 18.0 Å². The van der Waals surface area contributed by atoms with Gasteiger partial charge in [0.25, 0.3) is 5.91 Å². The number of aryl methyl sites for hydroxylation is 1. The number of hydrogen-bond donors (Lipinski definition) is 2. The lowest BCUT2D eigenvalue weighted by Crippen LogP contribution is -2.36. The summed E-state index contributed by atoms with van der Waals surface area (Å²) in [5.74, 6) is -0.792. The van der Waals surface area contributed by atoms with Crippen molar-refractivity contribution in [3.8, 4) is 0 Å². The molecule has 0 aliphatic heterocycles. The van der Waals surface area contributed by atoms with E-state index in [1.807, 2.05) is 33.8 Å². The Morgan fingerprint density at radius 1 is 1.25 bits per heavy atom. The zero-order chi connectivity index (χ0) is 15.3. The average Bonchev–Trinajstić information content (AvgIpc) is 2.37. The molecule has 1 unspecified atom stereocenters. The van der Waals surface area contributed by atoms with Crippen molar-refractivity contribution in [1.82, 2.24) is 5.32 Å². The fourth-order valence-electron chi connectivity index (χ4n) is 1.58. The molecule has 1 atom stereocenters. The molecule has 4 heteroatoms. The summed E-state index contributed by atoms with van der Waals surface area (Å²) in [6.45, 7) is 7.92. The highest BCUT2D eigenvalue weighted by Crippen LogP contribution is 2.14. The zero-order valence-electron chi connectivity index (χ0n) is 12.3. The fraction of sp³-hybridized carbons (Fsp3) is 0.375. The van der Waals surface area contributed by atoms with Gasteiger partial charge in [-0.3, -0.25) is 4.79 Å². The van der Waals surface area contributed by atoms with Gasteiger partial charge in [-0.25, -0.2) is 4.79 Å². The topological polar surface area (TPSA) is 66.4 Å². The molecule has 0 fully saturated rings. The van der Waals surface area contributed by atoms with Crippen LogP contribution in [0.4, 0.5) is 0 Å². The van der Waals surface area contributed by atoms with Gasteiger partial charge >= 0.3 is 5.97 Å². The van der Waals surface area contributed by atoms with E-state index in [-0.39, 0.29) is 11.9 Å². The summed E-state index contributed by atoms with van der Waals surface area (Å²) in [6, 6.07) is 5.35. The van der Waals surface area contributed by atoms with Crippen LogP contribution in [-0.2, 0) is 4.79 Å². The first-order valence-electron chi connectivity index (χ1n) is 6.63. The van der Waals surface area contributed by atoms with E-state index in [0.29, 0.717) is 11.5 Å². The number of carbonyl (C=O) groups excluding carboxylic acids is 1. The number of carboxylic acids is 1. The number of carboxylic acid groups (broad SMARTS) is 1. The number of nitrogens with one attached hydrogen (secondary N) is 1. The molecule has 20 heavy (non-hydrogen) atoms. The molecule has 1 aromatic carbocycles. The summed E-state index contributed by atoms with van der Waals surface area (Å²) < 4.78 is 0. The van der Waals surface area contributed by atoms with E-state index in [1.54, 1.807) is 12.1 Å². The normalized spacial score (nSPS) is 12.7. The van der Waals surface area contributed by atoms with Gasteiger partial charge < -0.3 is 10.4 Å². The van der Waals surface area contributed by atoms with E-state index in [2.05, 4.69) is 5.32 Å². The van der Waals surface area contributed by atoms with E-state index in [9.17, 15) is 9.59 Å². The molecule has 2 N–H and O–H groups in total. The predicted molar refractivity (Wildman–Crippen MR) is 79.6 cm³/mol. The predicted octanol–water partition coefficient (Wildman–Crippen LogP) is 2.87. The lowest BCUT2D eigenvalue weighted by Gasteiger charge is -2.17. The van der Waals surface area contributed by atoms with Crippen molar-refractivity contribution in [1.29, 1.82) is 0 Å². The maximum Gasteiger partial charge on any atom is 0.328 e. The van der Waals surface area contributed by atoms with E-state index in [1.165, 1.54) is 6.08 Å². The van der Waals surface area contributed by atoms with Gasteiger partial charge in [0.1, 0.15) is 0 Å². The Hall–Kier alpha value is -2.10. The third-order valence-electron chi connectivity index (χ3n) is 3.31. The Balaban J connectivity index is 2.94. The van der Waals surface area contributed by atoms with Crippen molar-refractivity contribution in [2.75, 3.05) is 0 Å². The van der Waals surface area contributed by atoms with Crippen LogP contribution in [0.2, 0.25) is 0 Å². The minimum absolute atomic E-state index is 0.0850. The van der Waals surface area contributed by atoms with Crippen molar-refractivity contribution in [2.45, 2.75) is 33.7 Å². The zero-order valence-corrected chi connectivity index (χ0v) is 12.3. The molecule has 1 amide bonds. The Morgan fingerprint density at radius 3 is 2.45 bits per heavy atom. The molecule has 0 spiro atoms. The van der Waals surface area contributed by atoms with Crippen LogP contribution in [0.25, 0.3) is 6.08 Å². The van der Waals surface area contributed by atoms with Gasteiger partial charge in [-0.1, -0.05) is 19.9 Å². The van der Waals surface area contributed by atoms with Crippen molar-refractivity contribution < 1.29 is 14.7 Å². The molecule has 0 saturated heterocycles. The van der Waals surface area contributed by atoms with Gasteiger partial charge in [-0.05, 0) is 49.1 Å². The molecule has 1 aromatic rings. The van der Waals surface area contributed by atoms with E-state index in [0.717, 1.165) is 17.2 Å². The summed E-state index contributed by atoms with van der Waals surface area (Å²) in [4.78, 5) is 22.7. The maximum atomic E-state index is 12.1. The van der Waals surface area contributed by atoms with Crippen LogP contribution in [0, 0.1) is 12.8 Å². The molecular weight excluding hydrogens is 254 g/mol. The number of amides is 1. The molecule has 0 saturated carbocycles. The van der Waals surface area contributed by atoms with Crippen LogP contribution in [0.1, 0.15) is 42.3 Å². The van der Waals surface area contributed by atoms with Crippen molar-refractivity contribution in [3.05, 3.63) is 41.0 Å². The van der Waals surface area contributed by atoms with Crippen LogP contribution in [0.3, 0.4) is 0 Å². The van der Waals surface area contributed by atoms with Crippen molar-refractivity contribution in [3.63, 3.8) is 0 Å². The number of rotatable bonds is 5. The molecule has 0 radical (unpaired) electrons. The highest BCUT2D eigenvalue weighted by Gasteiger charge is 2.13. The maximum absolute atomic E-state index is 12.1. The lowest BCUT2D eigenvalue weighted by atomic mass is 10.0. The molecule has 0 heterocycles. The first-order valence-corrected chi connectivity index (χ1v) is 6.63. The molecular formula is C16H21NO3. The monoisotopic (exact) mass is 275 g/mol. The third kappa shape index (κ3) is 4.53. The second-order valence-electron chi connectivity index (χ2n) is 5.25. The Bertz CT molecular complexity index is 533. The summed E-state index contributed by atoms with van der Waals surface area (Å²) in [7, 11) is 0. The third-order valence-corrected chi connectivity index (χ3v) is 3.31. The summed E-state index contributed by atoms with van der Waals surface area (Å²) in [5, 5.41) is 11.6. The number of benzene rings is 1. The molecule has 0 aromatic heterocycles. The Morgan fingerprint density at radius 2 is 1.90 bits per heavy atom. The van der Waals surface area contributed by atoms with E-state index < -0.39 is 5.97 Å². The number of carbonyl (C=O) groups is 2. The van der Waals surface area contributed by atoms with Crippen molar-refractivity contribution in [2.24, 2.45) is 5.92 Å². The second-order valence-corrected chi connectivity index (χ2v) is 5.25. The lowest BCUT2D eigenvalue weighted by molar-refractivity contribution is -0.131. The molecule has 0 aliphatic rings. The van der Waals surface area contributed by atoms with Crippen LogP contribution in [0.15, 0.2) is 24.3 Å². The molecule has 108 valence electrons. The minimum Gasteiger partial charge on any atom is -0.478 e. The molecule has 0 bridgehead atoms. The van der Waals surface area contributed by atoms with Crippen LogP contribution < -0.4 is 5.32 Å². The largest absolute Gasteiger partial charge is 0.478 e. The van der Waals surface area contributed by atoms with Gasteiger partial charge in [-0.15, -0.1) is 0 Å². The highest BCUT2D eigenvalue weighted by atomic mass is 16.4. The number of hydrogen-bond acceptors (Lipinski definition) is 2. The highest BCUT2D eigenvalue weighted by molar-refractivity contribution is 5.95. The second kappa shape index (κ2) is 6.89. The number of aliphatic carboxylic acids is 1. The quantitative estimate of drug-likeness (QED) is 0.812. The first kappa shape index (κ1) is 16.0. The standard InChI is InChI=1S/C16H21NO3/c1-10(2)12(4)17-16(20)14-6-5-11(3)13(9-14)7-8-15(18)19/h5-10,12H,1-4H3,(H,17,20)(H,18,19)/b8-7+. The summed E-state index contributed by atoms with van der Waals surface area (Å²) in [6.07, 6.45) is 2.57. The fourth-order valence-corrected chi connectivity index (χ4v) is 1.58. The van der Waals surface area contributed by atoms with Gasteiger partial charge in [0, 0.05) is 17.7 Å². The molecule has 4 nitrogen and oxygen atoms in total. The minimum atomic E-state index is -1.01. The Labute approximate surface area is 119 Å². The van der Waals surface area contributed by atoms with E-state index >= 15 is 0 Å². The molecule has 0 aliphatic carbocycles. The Kier molecular flexibility index (Phi) is 5.50. The van der Waals surface area contributed by atoms with Gasteiger partial charge in [0.15, 0.2) is 0 Å². The van der Waals surface area contributed by atoms with Crippen LogP contribution >= 0.6 is 0 Å².